The third kappa shape index (κ3) is 5.04. The van der Waals surface area contributed by atoms with Gasteiger partial charge < -0.3 is 14.8 Å². The second kappa shape index (κ2) is 9.23. The van der Waals surface area contributed by atoms with Crippen molar-refractivity contribution in [3.63, 3.8) is 0 Å². The molecule has 0 atom stereocenters. The molecule has 0 spiro atoms. The van der Waals surface area contributed by atoms with Crippen LogP contribution in [0.25, 0.3) is 6.08 Å². The number of esters is 1. The molecule has 1 heterocycles. The Kier molecular flexibility index (Phi) is 6.71. The van der Waals surface area contributed by atoms with Gasteiger partial charge in [0.05, 0.1) is 16.1 Å². The highest BCUT2D eigenvalue weighted by molar-refractivity contribution is 9.11. The molecule has 3 amide bonds. The summed E-state index contributed by atoms with van der Waals surface area (Å²) < 4.78 is 11.7. The van der Waals surface area contributed by atoms with Crippen LogP contribution in [0.2, 0.25) is 0 Å². The Morgan fingerprint density at radius 1 is 1.14 bits per heavy atom. The Morgan fingerprint density at radius 2 is 1.79 bits per heavy atom. The number of amides is 3. The Labute approximate surface area is 183 Å². The molecule has 2 aromatic rings. The van der Waals surface area contributed by atoms with Gasteiger partial charge in [-0.25, -0.2) is 9.69 Å². The molecular weight excluding hydrogens is 508 g/mol. The molecule has 3 rings (SSSR count). The highest BCUT2D eigenvalue weighted by atomic mass is 79.9. The van der Waals surface area contributed by atoms with Crippen LogP contribution < -0.4 is 10.1 Å². The number of halogens is 2. The molecule has 7 nitrogen and oxygen atoms in total. The second-order valence-electron chi connectivity index (χ2n) is 6.04. The fourth-order valence-corrected chi connectivity index (χ4v) is 4.06. The number of rotatable bonds is 6. The largest absolute Gasteiger partial charge is 0.487 e. The number of hydrogen-bond acceptors (Lipinski definition) is 5. The van der Waals surface area contributed by atoms with Gasteiger partial charge in [0.25, 0.3) is 5.91 Å². The van der Waals surface area contributed by atoms with Gasteiger partial charge >= 0.3 is 12.0 Å². The van der Waals surface area contributed by atoms with Crippen LogP contribution in [0.15, 0.2) is 57.1 Å². The maximum absolute atomic E-state index is 12.4. The number of carbonyl (C=O) groups excluding carboxylic acids is 3. The molecule has 0 aliphatic carbocycles. The van der Waals surface area contributed by atoms with Crippen molar-refractivity contribution in [3.05, 3.63) is 68.2 Å². The molecule has 1 saturated heterocycles. The average Bonchev–Trinajstić information content (AvgIpc) is 2.95. The molecule has 150 valence electrons. The molecule has 1 fully saturated rings. The molecule has 29 heavy (non-hydrogen) atoms. The number of nitrogens with zero attached hydrogens (tertiary/aromatic N) is 1. The van der Waals surface area contributed by atoms with Crippen molar-refractivity contribution in [1.82, 2.24) is 10.2 Å². The van der Waals surface area contributed by atoms with Gasteiger partial charge in [-0.3, -0.25) is 9.59 Å². The topological polar surface area (TPSA) is 84.9 Å². The van der Waals surface area contributed by atoms with Gasteiger partial charge in [-0.2, -0.15) is 0 Å². The van der Waals surface area contributed by atoms with Crippen LogP contribution in [0.5, 0.6) is 5.75 Å². The fraction of sp³-hybridized carbons (Fsp3) is 0.150. The zero-order chi connectivity index (χ0) is 21.0. The van der Waals surface area contributed by atoms with E-state index < -0.39 is 24.5 Å². The lowest BCUT2D eigenvalue weighted by Gasteiger charge is -2.12. The maximum atomic E-state index is 12.4. The molecule has 0 bridgehead atoms. The monoisotopic (exact) mass is 522 g/mol. The molecule has 2 aromatic carbocycles. The molecule has 0 aromatic heterocycles. The van der Waals surface area contributed by atoms with Gasteiger partial charge in [-0.1, -0.05) is 30.3 Å². The number of carbonyl (C=O) groups is 3. The SMILES string of the molecule is COC(=O)CN1C(=O)N/C(=C/c2cc(Br)c(OCc3ccccc3)c(Br)c2)C1=O. The minimum absolute atomic E-state index is 0.0654. The van der Waals surface area contributed by atoms with E-state index in [2.05, 4.69) is 41.9 Å². The first-order chi connectivity index (χ1) is 13.9. The van der Waals surface area contributed by atoms with Crippen LogP contribution in [0.1, 0.15) is 11.1 Å². The molecule has 0 radical (unpaired) electrons. The lowest BCUT2D eigenvalue weighted by Crippen LogP contribution is -2.36. The highest BCUT2D eigenvalue weighted by Crippen LogP contribution is 2.36. The van der Waals surface area contributed by atoms with Gasteiger partial charge in [-0.15, -0.1) is 0 Å². The van der Waals surface area contributed by atoms with Gasteiger partial charge in [0.2, 0.25) is 0 Å². The van der Waals surface area contributed by atoms with Crippen molar-refractivity contribution in [2.24, 2.45) is 0 Å². The Hall–Kier alpha value is -2.65. The minimum Gasteiger partial charge on any atom is -0.487 e. The number of hydrogen-bond donors (Lipinski definition) is 1. The molecular formula is C20H16Br2N2O5. The summed E-state index contributed by atoms with van der Waals surface area (Å²) in [4.78, 5) is 36.5. The van der Waals surface area contributed by atoms with E-state index in [1.165, 1.54) is 13.2 Å². The summed E-state index contributed by atoms with van der Waals surface area (Å²) in [6, 6.07) is 12.6. The van der Waals surface area contributed by atoms with E-state index >= 15 is 0 Å². The summed E-state index contributed by atoms with van der Waals surface area (Å²) in [5.41, 5.74) is 1.75. The highest BCUT2D eigenvalue weighted by Gasteiger charge is 2.35. The number of benzene rings is 2. The summed E-state index contributed by atoms with van der Waals surface area (Å²) in [5.74, 6) is -0.665. The van der Waals surface area contributed by atoms with Crippen LogP contribution in [-0.2, 0) is 20.9 Å². The van der Waals surface area contributed by atoms with E-state index in [1.807, 2.05) is 30.3 Å². The molecule has 0 saturated carbocycles. The van der Waals surface area contributed by atoms with Crippen molar-refractivity contribution in [1.29, 1.82) is 0 Å². The van der Waals surface area contributed by atoms with Crippen molar-refractivity contribution >= 4 is 55.8 Å². The minimum atomic E-state index is -0.680. The number of nitrogens with one attached hydrogen (secondary N) is 1. The first-order valence-electron chi connectivity index (χ1n) is 8.46. The van der Waals surface area contributed by atoms with Gasteiger partial charge in [0, 0.05) is 0 Å². The smallest absolute Gasteiger partial charge is 0.329 e. The summed E-state index contributed by atoms with van der Waals surface area (Å²) in [7, 11) is 1.19. The van der Waals surface area contributed by atoms with E-state index in [4.69, 9.17) is 4.74 Å². The van der Waals surface area contributed by atoms with Gasteiger partial charge in [0.1, 0.15) is 24.6 Å². The summed E-state index contributed by atoms with van der Waals surface area (Å²) in [5, 5.41) is 2.46. The zero-order valence-electron chi connectivity index (χ0n) is 15.3. The van der Waals surface area contributed by atoms with Gasteiger partial charge in [-0.05, 0) is 61.2 Å². The van der Waals surface area contributed by atoms with E-state index in [0.29, 0.717) is 26.9 Å². The standard InChI is InChI=1S/C20H16Br2N2O5/c1-28-17(25)10-24-19(26)16(23-20(24)27)9-13-7-14(21)18(15(22)8-13)29-11-12-5-3-2-4-6-12/h2-9H,10-11H2,1H3,(H,23,27)/b16-9+. The normalized spacial score (nSPS) is 14.9. The molecule has 9 heteroatoms. The fourth-order valence-electron chi connectivity index (χ4n) is 2.61. The average molecular weight is 524 g/mol. The lowest BCUT2D eigenvalue weighted by molar-refractivity contribution is -0.143. The lowest BCUT2D eigenvalue weighted by atomic mass is 10.2. The second-order valence-corrected chi connectivity index (χ2v) is 7.75. The van der Waals surface area contributed by atoms with Crippen LogP contribution in [0.4, 0.5) is 4.79 Å². The Morgan fingerprint density at radius 3 is 2.41 bits per heavy atom. The number of urea groups is 1. The van der Waals surface area contributed by atoms with E-state index in [1.54, 1.807) is 12.1 Å². The van der Waals surface area contributed by atoms with E-state index in [9.17, 15) is 14.4 Å². The van der Waals surface area contributed by atoms with Crippen LogP contribution in [0, 0.1) is 0 Å². The summed E-state index contributed by atoms with van der Waals surface area (Å²) in [6.45, 7) is -0.0479. The summed E-state index contributed by atoms with van der Waals surface area (Å²) >= 11 is 6.95. The van der Waals surface area contributed by atoms with Crippen molar-refractivity contribution in [2.75, 3.05) is 13.7 Å². The van der Waals surface area contributed by atoms with Gasteiger partial charge in [0.15, 0.2) is 0 Å². The Balaban J connectivity index is 1.77. The predicted octanol–water partition coefficient (Wildman–Crippen LogP) is 3.86. The molecule has 1 aliphatic rings. The number of methoxy groups -OCH3 is 1. The molecule has 0 unspecified atom stereocenters. The van der Waals surface area contributed by atoms with Crippen molar-refractivity contribution in [3.8, 4) is 5.75 Å². The third-order valence-electron chi connectivity index (χ3n) is 4.03. The summed E-state index contributed by atoms with van der Waals surface area (Å²) in [6.07, 6.45) is 1.52. The quantitative estimate of drug-likeness (QED) is 0.353. The number of imide groups is 1. The van der Waals surface area contributed by atoms with E-state index in [0.717, 1.165) is 10.5 Å². The van der Waals surface area contributed by atoms with Crippen molar-refractivity contribution < 1.29 is 23.9 Å². The van der Waals surface area contributed by atoms with Crippen LogP contribution in [-0.4, -0.2) is 36.5 Å². The predicted molar refractivity (Wildman–Crippen MR) is 113 cm³/mol. The first kappa shape index (κ1) is 21.1. The molecule has 1 aliphatic heterocycles. The third-order valence-corrected chi connectivity index (χ3v) is 5.21. The number of ether oxygens (including phenoxy) is 2. The first-order valence-corrected chi connectivity index (χ1v) is 10.0. The van der Waals surface area contributed by atoms with Crippen molar-refractivity contribution in [2.45, 2.75) is 6.61 Å². The zero-order valence-corrected chi connectivity index (χ0v) is 18.4. The maximum Gasteiger partial charge on any atom is 0.329 e. The molecule has 1 N–H and O–H groups in total. The van der Waals surface area contributed by atoms with E-state index in [-0.39, 0.29) is 5.70 Å². The Bertz CT molecular complexity index is 969. The van der Waals surface area contributed by atoms with Crippen LogP contribution >= 0.6 is 31.9 Å². The van der Waals surface area contributed by atoms with Crippen LogP contribution in [0.3, 0.4) is 0 Å².